The third-order valence-corrected chi connectivity index (χ3v) is 5.65. The Kier molecular flexibility index (Phi) is 4.71. The summed E-state index contributed by atoms with van der Waals surface area (Å²) in [6.07, 6.45) is 2.88. The average molecular weight is 342 g/mol. The quantitative estimate of drug-likeness (QED) is 0.839. The molecule has 0 atom stereocenters. The highest BCUT2D eigenvalue weighted by Crippen LogP contribution is 2.31. The van der Waals surface area contributed by atoms with Gasteiger partial charge in [-0.1, -0.05) is 13.0 Å². The van der Waals surface area contributed by atoms with E-state index in [1.807, 2.05) is 38.1 Å². The van der Waals surface area contributed by atoms with Crippen molar-refractivity contribution in [2.24, 2.45) is 5.92 Å². The zero-order chi connectivity index (χ0) is 17.3. The minimum absolute atomic E-state index is 0.0672. The first-order valence-electron chi connectivity index (χ1n) is 8.30. The molecule has 5 heteroatoms. The number of carbonyl (C=O) groups is 2. The lowest BCUT2D eigenvalue weighted by Crippen LogP contribution is -2.15. The molecule has 0 radical (unpaired) electrons. The molecule has 1 aromatic carbocycles. The summed E-state index contributed by atoms with van der Waals surface area (Å²) in [5.41, 5.74) is 3.59. The molecule has 1 heterocycles. The Morgan fingerprint density at radius 2 is 1.88 bits per heavy atom. The van der Waals surface area contributed by atoms with Crippen molar-refractivity contribution in [3.8, 4) is 0 Å². The molecular formula is C19H22N2O2S. The van der Waals surface area contributed by atoms with E-state index in [1.165, 1.54) is 16.2 Å². The van der Waals surface area contributed by atoms with E-state index in [9.17, 15) is 9.59 Å². The zero-order valence-electron chi connectivity index (χ0n) is 14.2. The summed E-state index contributed by atoms with van der Waals surface area (Å²) in [5, 5.41) is 5.89. The van der Waals surface area contributed by atoms with Crippen LogP contribution in [0.2, 0.25) is 0 Å². The van der Waals surface area contributed by atoms with E-state index in [2.05, 4.69) is 17.6 Å². The summed E-state index contributed by atoms with van der Waals surface area (Å²) >= 11 is 1.54. The molecule has 1 aliphatic carbocycles. The molecule has 126 valence electrons. The highest BCUT2D eigenvalue weighted by molar-refractivity contribution is 7.14. The molecule has 2 N–H and O–H groups in total. The summed E-state index contributed by atoms with van der Waals surface area (Å²) in [5.74, 6) is 0.125. The van der Waals surface area contributed by atoms with Gasteiger partial charge >= 0.3 is 0 Å². The fourth-order valence-corrected chi connectivity index (χ4v) is 3.60. The maximum absolute atomic E-state index is 12.5. The summed E-state index contributed by atoms with van der Waals surface area (Å²) in [7, 11) is 0. The first kappa shape index (κ1) is 16.7. The molecule has 1 saturated carbocycles. The molecule has 1 aromatic heterocycles. The van der Waals surface area contributed by atoms with Gasteiger partial charge in [0.25, 0.3) is 5.91 Å². The van der Waals surface area contributed by atoms with Crippen LogP contribution in [-0.2, 0) is 11.2 Å². The maximum atomic E-state index is 12.5. The van der Waals surface area contributed by atoms with Crippen LogP contribution in [0.25, 0.3) is 0 Å². The molecule has 2 amide bonds. The van der Waals surface area contributed by atoms with Crippen LogP contribution in [0.3, 0.4) is 0 Å². The van der Waals surface area contributed by atoms with Crippen LogP contribution in [0.15, 0.2) is 24.3 Å². The highest BCUT2D eigenvalue weighted by atomic mass is 32.1. The third-order valence-electron chi connectivity index (χ3n) is 4.27. The van der Waals surface area contributed by atoms with Gasteiger partial charge in [0.1, 0.15) is 0 Å². The number of benzene rings is 1. The number of carbonyl (C=O) groups excluding carboxylic acids is 2. The first-order chi connectivity index (χ1) is 11.5. The van der Waals surface area contributed by atoms with Crippen molar-refractivity contribution < 1.29 is 9.59 Å². The van der Waals surface area contributed by atoms with Crippen molar-refractivity contribution in [3.63, 3.8) is 0 Å². The number of nitrogens with one attached hydrogen (secondary N) is 2. The Balaban J connectivity index is 1.75. The van der Waals surface area contributed by atoms with Gasteiger partial charge in [0.05, 0.1) is 4.88 Å². The van der Waals surface area contributed by atoms with Gasteiger partial charge in [0.2, 0.25) is 5.91 Å². The van der Waals surface area contributed by atoms with Gasteiger partial charge in [-0.3, -0.25) is 9.59 Å². The van der Waals surface area contributed by atoms with E-state index in [0.29, 0.717) is 0 Å². The number of aryl methyl sites for hydroxylation is 3. The summed E-state index contributed by atoms with van der Waals surface area (Å²) in [6, 6.07) is 7.55. The zero-order valence-corrected chi connectivity index (χ0v) is 15.0. The largest absolute Gasteiger partial charge is 0.326 e. The van der Waals surface area contributed by atoms with Crippen molar-refractivity contribution >= 4 is 34.5 Å². The summed E-state index contributed by atoms with van der Waals surface area (Å²) < 4.78 is 0. The molecule has 0 unspecified atom stereocenters. The van der Waals surface area contributed by atoms with Crippen LogP contribution in [0, 0.1) is 19.8 Å². The minimum atomic E-state index is -0.100. The van der Waals surface area contributed by atoms with Crippen LogP contribution >= 0.6 is 11.3 Å². The average Bonchev–Trinajstić information content (AvgIpc) is 3.33. The Morgan fingerprint density at radius 1 is 1.12 bits per heavy atom. The van der Waals surface area contributed by atoms with Gasteiger partial charge < -0.3 is 10.6 Å². The van der Waals surface area contributed by atoms with E-state index in [-0.39, 0.29) is 17.7 Å². The van der Waals surface area contributed by atoms with E-state index in [4.69, 9.17) is 0 Å². The molecule has 0 spiro atoms. The number of hydrogen-bond acceptors (Lipinski definition) is 3. The second kappa shape index (κ2) is 6.77. The number of anilines is 2. The van der Waals surface area contributed by atoms with E-state index < -0.39 is 0 Å². The Labute approximate surface area is 146 Å². The summed E-state index contributed by atoms with van der Waals surface area (Å²) in [4.78, 5) is 26.4. The molecule has 2 aromatic rings. The fraction of sp³-hybridized carbons (Fsp3) is 0.368. The van der Waals surface area contributed by atoms with Gasteiger partial charge in [-0.15, -0.1) is 11.3 Å². The molecular weight excluding hydrogens is 320 g/mol. The second-order valence-corrected chi connectivity index (χ2v) is 7.45. The van der Waals surface area contributed by atoms with Crippen LogP contribution in [0.1, 0.15) is 45.4 Å². The van der Waals surface area contributed by atoms with E-state index in [1.54, 1.807) is 0 Å². The smallest absolute Gasteiger partial charge is 0.265 e. The number of hydrogen-bond donors (Lipinski definition) is 2. The normalized spacial score (nSPS) is 13.6. The van der Waals surface area contributed by atoms with Gasteiger partial charge in [-0.05, 0) is 62.4 Å². The SMILES string of the molecule is CCc1sc(C(=O)Nc2cc(NC(=O)C3CC3)ccc2C)cc1C. The minimum Gasteiger partial charge on any atom is -0.326 e. The molecule has 3 rings (SSSR count). The van der Waals surface area contributed by atoms with Gasteiger partial charge in [-0.25, -0.2) is 0 Å². The molecule has 0 saturated heterocycles. The Hall–Kier alpha value is -2.14. The molecule has 4 nitrogen and oxygen atoms in total. The standard InChI is InChI=1S/C19H22N2O2S/c1-4-16-12(3)9-17(24-16)19(23)21-15-10-14(8-5-11(15)2)20-18(22)13-6-7-13/h5,8-10,13H,4,6-7H2,1-3H3,(H,20,22)(H,21,23). The first-order valence-corrected chi connectivity index (χ1v) is 9.11. The molecule has 0 bridgehead atoms. The van der Waals surface area contributed by atoms with Crippen LogP contribution in [-0.4, -0.2) is 11.8 Å². The summed E-state index contributed by atoms with van der Waals surface area (Å²) in [6.45, 7) is 6.07. The van der Waals surface area contributed by atoms with E-state index >= 15 is 0 Å². The molecule has 1 fully saturated rings. The molecule has 1 aliphatic rings. The van der Waals surface area contributed by atoms with Crippen molar-refractivity contribution in [3.05, 3.63) is 45.1 Å². The van der Waals surface area contributed by atoms with Crippen molar-refractivity contribution in [2.75, 3.05) is 10.6 Å². The monoisotopic (exact) mass is 342 g/mol. The molecule has 24 heavy (non-hydrogen) atoms. The van der Waals surface area contributed by atoms with Crippen molar-refractivity contribution in [2.45, 2.75) is 40.0 Å². The van der Waals surface area contributed by atoms with Crippen molar-refractivity contribution in [1.29, 1.82) is 0 Å². The van der Waals surface area contributed by atoms with Gasteiger partial charge in [-0.2, -0.15) is 0 Å². The van der Waals surface area contributed by atoms with Crippen molar-refractivity contribution in [1.82, 2.24) is 0 Å². The van der Waals surface area contributed by atoms with Crippen LogP contribution < -0.4 is 10.6 Å². The Bertz CT molecular complexity index is 791. The Morgan fingerprint density at radius 3 is 2.50 bits per heavy atom. The molecule has 0 aliphatic heterocycles. The maximum Gasteiger partial charge on any atom is 0.265 e. The number of thiophene rings is 1. The second-order valence-electron chi connectivity index (χ2n) is 6.32. The number of rotatable bonds is 5. The predicted octanol–water partition coefficient (Wildman–Crippen LogP) is 4.53. The topological polar surface area (TPSA) is 58.2 Å². The lowest BCUT2D eigenvalue weighted by atomic mass is 10.1. The fourth-order valence-electron chi connectivity index (χ4n) is 2.59. The van der Waals surface area contributed by atoms with Gasteiger partial charge in [0, 0.05) is 22.2 Å². The van der Waals surface area contributed by atoms with E-state index in [0.717, 1.165) is 46.6 Å². The lowest BCUT2D eigenvalue weighted by molar-refractivity contribution is -0.117. The highest BCUT2D eigenvalue weighted by Gasteiger charge is 2.29. The van der Waals surface area contributed by atoms with Gasteiger partial charge in [0.15, 0.2) is 0 Å². The lowest BCUT2D eigenvalue weighted by Gasteiger charge is -2.11. The van der Waals surface area contributed by atoms with Crippen LogP contribution in [0.5, 0.6) is 0 Å². The predicted molar refractivity (Wildman–Crippen MR) is 98.9 cm³/mol. The number of amides is 2. The third kappa shape index (κ3) is 3.67. The van der Waals surface area contributed by atoms with Crippen LogP contribution in [0.4, 0.5) is 11.4 Å².